The molecule has 2 aromatic carbocycles. The molecule has 0 saturated carbocycles. The molecule has 8 heteroatoms. The van der Waals surface area contributed by atoms with Crippen LogP contribution in [0.5, 0.6) is 5.75 Å². The van der Waals surface area contributed by atoms with Crippen LogP contribution in [0, 0.1) is 0 Å². The monoisotopic (exact) mass is 561 g/mol. The third-order valence-electron chi connectivity index (χ3n) is 3.35. The summed E-state index contributed by atoms with van der Waals surface area (Å²) in [4.78, 5) is 9.99. The van der Waals surface area contributed by atoms with E-state index in [2.05, 4.69) is 10.3 Å². The molecule has 0 N–H and O–H groups in total. The van der Waals surface area contributed by atoms with Gasteiger partial charge in [0.15, 0.2) is 11.8 Å². The van der Waals surface area contributed by atoms with E-state index in [4.69, 9.17) is 14.4 Å². The molecule has 0 radical (unpaired) electrons. The van der Waals surface area contributed by atoms with Crippen LogP contribution < -0.4 is 29.6 Å². The summed E-state index contributed by atoms with van der Waals surface area (Å²) in [7, 11) is 3.01. The smallest absolute Gasteiger partial charge is 1.00 e. The molecule has 0 bridgehead atoms. The maximum Gasteiger partial charge on any atom is 2.00 e. The SMILES string of the molecule is CO/N=C1/C(=N\OC)C(c2ccccc2)Oc2ccccc21.[Cl-].[Cl-].[Pt+2]. The second-order valence-electron chi connectivity index (χ2n) is 4.69. The van der Waals surface area contributed by atoms with Crippen LogP contribution in [0.1, 0.15) is 17.2 Å². The zero-order valence-corrected chi connectivity index (χ0v) is 17.2. The Kier molecular flexibility index (Phi) is 10.4. The number of halogens is 2. The summed E-state index contributed by atoms with van der Waals surface area (Å²) in [6.45, 7) is 0. The van der Waals surface area contributed by atoms with E-state index >= 15 is 0 Å². The molecule has 0 spiro atoms. The van der Waals surface area contributed by atoms with E-state index in [1.165, 1.54) is 14.2 Å². The second kappa shape index (κ2) is 11.1. The molecule has 0 aromatic heterocycles. The van der Waals surface area contributed by atoms with Crippen LogP contribution in [0.25, 0.3) is 0 Å². The number of ether oxygens (including phenoxy) is 1. The molecule has 136 valence electrons. The Labute approximate surface area is 173 Å². The van der Waals surface area contributed by atoms with Gasteiger partial charge in [-0.05, 0) is 17.7 Å². The van der Waals surface area contributed by atoms with Crippen molar-refractivity contribution in [3.05, 3.63) is 65.7 Å². The van der Waals surface area contributed by atoms with Crippen molar-refractivity contribution in [3.8, 4) is 5.75 Å². The van der Waals surface area contributed by atoms with Crippen LogP contribution in [0.15, 0.2) is 64.9 Å². The zero-order valence-electron chi connectivity index (χ0n) is 13.5. The number of rotatable bonds is 3. The van der Waals surface area contributed by atoms with Gasteiger partial charge in [0.1, 0.15) is 25.7 Å². The Morgan fingerprint density at radius 3 is 2.08 bits per heavy atom. The minimum Gasteiger partial charge on any atom is -1.00 e. The first-order valence-corrected chi connectivity index (χ1v) is 6.88. The average molecular weight is 562 g/mol. The molecule has 0 aliphatic carbocycles. The van der Waals surface area contributed by atoms with Gasteiger partial charge >= 0.3 is 21.1 Å². The largest absolute Gasteiger partial charge is 2.00 e. The van der Waals surface area contributed by atoms with Crippen molar-refractivity contribution in [2.24, 2.45) is 10.3 Å². The van der Waals surface area contributed by atoms with E-state index in [1.807, 2.05) is 54.6 Å². The number of nitrogens with zero attached hydrogens (tertiary/aromatic N) is 2. The van der Waals surface area contributed by atoms with Crippen LogP contribution in [0.2, 0.25) is 0 Å². The summed E-state index contributed by atoms with van der Waals surface area (Å²) in [5.74, 6) is 0.738. The van der Waals surface area contributed by atoms with Gasteiger partial charge in [-0.3, -0.25) is 0 Å². The van der Waals surface area contributed by atoms with Crippen molar-refractivity contribution >= 4 is 11.4 Å². The first-order valence-electron chi connectivity index (χ1n) is 6.88. The number of fused-ring (bicyclic) bond motifs is 1. The Hall–Kier alpha value is -1.55. The van der Waals surface area contributed by atoms with Crippen molar-refractivity contribution in [2.45, 2.75) is 6.10 Å². The molecule has 0 fully saturated rings. The Morgan fingerprint density at radius 2 is 1.44 bits per heavy atom. The van der Waals surface area contributed by atoms with Crippen molar-refractivity contribution in [2.75, 3.05) is 14.2 Å². The van der Waals surface area contributed by atoms with Gasteiger partial charge in [-0.2, -0.15) is 0 Å². The van der Waals surface area contributed by atoms with Crippen molar-refractivity contribution in [1.29, 1.82) is 0 Å². The van der Waals surface area contributed by atoms with Crippen LogP contribution in [0.4, 0.5) is 0 Å². The van der Waals surface area contributed by atoms with Gasteiger partial charge in [0.2, 0.25) is 0 Å². The van der Waals surface area contributed by atoms with E-state index in [-0.39, 0.29) is 45.9 Å². The standard InChI is InChI=1S/C17H16N2O3.2ClH.Pt/c1-20-18-15-13-10-6-7-11-14(13)22-17(16(15)19-21-2)12-8-4-3-5-9-12;;;/h3-11,17H,1-2H3;2*1H;/q;;;+2/p-2/b18-15+,19-16+;;;. The fourth-order valence-corrected chi connectivity index (χ4v) is 2.44. The Morgan fingerprint density at radius 1 is 0.840 bits per heavy atom. The Balaban J connectivity index is 0.00000192. The third kappa shape index (κ3) is 4.97. The summed E-state index contributed by atoms with van der Waals surface area (Å²) < 4.78 is 6.11. The van der Waals surface area contributed by atoms with Crippen LogP contribution in [-0.4, -0.2) is 25.6 Å². The number of hydrogen-bond acceptors (Lipinski definition) is 5. The summed E-state index contributed by atoms with van der Waals surface area (Å²) in [5.41, 5.74) is 2.98. The van der Waals surface area contributed by atoms with Gasteiger partial charge in [-0.15, -0.1) is 0 Å². The fourth-order valence-electron chi connectivity index (χ4n) is 2.44. The van der Waals surface area contributed by atoms with E-state index in [0.29, 0.717) is 11.4 Å². The molecule has 1 aliphatic rings. The predicted molar refractivity (Wildman–Crippen MR) is 84.2 cm³/mol. The summed E-state index contributed by atoms with van der Waals surface area (Å²) in [5, 5.41) is 8.25. The molecule has 1 heterocycles. The van der Waals surface area contributed by atoms with Gasteiger partial charge in [-0.25, -0.2) is 0 Å². The minimum atomic E-state index is -0.398. The topological polar surface area (TPSA) is 52.4 Å². The van der Waals surface area contributed by atoms with Crippen LogP contribution in [-0.2, 0) is 30.7 Å². The molecule has 3 rings (SSSR count). The molecule has 5 nitrogen and oxygen atoms in total. The Bertz CT molecular complexity index is 727. The number of benzene rings is 2. The average Bonchev–Trinajstić information content (AvgIpc) is 2.57. The summed E-state index contributed by atoms with van der Waals surface area (Å²) in [6, 6.07) is 17.5. The first-order chi connectivity index (χ1) is 10.8. The van der Waals surface area contributed by atoms with Gasteiger partial charge in [0.25, 0.3) is 0 Å². The molecular formula is C17H16Cl2N2O3Pt. The normalized spacial score (nSPS) is 17.9. The zero-order chi connectivity index (χ0) is 15.4. The molecular weight excluding hydrogens is 546 g/mol. The summed E-state index contributed by atoms with van der Waals surface area (Å²) in [6.07, 6.45) is -0.398. The van der Waals surface area contributed by atoms with Crippen LogP contribution >= 0.6 is 0 Å². The molecule has 1 atom stereocenters. The maximum absolute atomic E-state index is 6.11. The maximum atomic E-state index is 6.11. The number of oxime groups is 2. The molecule has 1 aliphatic heterocycles. The first kappa shape index (κ1) is 23.4. The predicted octanol–water partition coefficient (Wildman–Crippen LogP) is -2.82. The van der Waals surface area contributed by atoms with Crippen LogP contribution in [0.3, 0.4) is 0 Å². The van der Waals surface area contributed by atoms with E-state index < -0.39 is 6.10 Å². The number of hydrogen-bond donors (Lipinski definition) is 0. The van der Waals surface area contributed by atoms with Crippen molar-refractivity contribution < 1.29 is 60.3 Å². The summed E-state index contributed by atoms with van der Waals surface area (Å²) >= 11 is 0. The van der Waals surface area contributed by atoms with E-state index in [0.717, 1.165) is 16.9 Å². The second-order valence-corrected chi connectivity index (χ2v) is 4.69. The molecule has 25 heavy (non-hydrogen) atoms. The molecule has 1 unspecified atom stereocenters. The number of para-hydroxylation sites is 1. The van der Waals surface area contributed by atoms with Gasteiger partial charge in [0.05, 0.1) is 0 Å². The minimum absolute atomic E-state index is 0. The van der Waals surface area contributed by atoms with Crippen molar-refractivity contribution in [1.82, 2.24) is 0 Å². The van der Waals surface area contributed by atoms with Gasteiger partial charge < -0.3 is 39.2 Å². The van der Waals surface area contributed by atoms with Crippen molar-refractivity contribution in [3.63, 3.8) is 0 Å². The van der Waals surface area contributed by atoms with Gasteiger partial charge in [-0.1, -0.05) is 52.8 Å². The molecule has 2 aromatic rings. The quantitative estimate of drug-likeness (QED) is 0.380. The molecule has 0 saturated heterocycles. The fraction of sp³-hybridized carbons (Fsp3) is 0.176. The van der Waals surface area contributed by atoms with E-state index in [9.17, 15) is 0 Å². The van der Waals surface area contributed by atoms with E-state index in [1.54, 1.807) is 0 Å². The third-order valence-corrected chi connectivity index (χ3v) is 3.35. The van der Waals surface area contributed by atoms with Gasteiger partial charge in [0, 0.05) is 5.56 Å². The molecule has 0 amide bonds.